The largest absolute Gasteiger partial charge is 0.349 e. The van der Waals surface area contributed by atoms with Gasteiger partial charge in [-0.1, -0.05) is 0 Å². The number of carbonyl (C=O) groups excluding carboxylic acids is 1. The number of carbonyl (C=O) groups is 1. The molecule has 28 heavy (non-hydrogen) atoms. The highest BCUT2D eigenvalue weighted by molar-refractivity contribution is 6.01. The second-order valence-electron chi connectivity index (χ2n) is 7.31. The van der Waals surface area contributed by atoms with E-state index in [1.807, 2.05) is 0 Å². The van der Waals surface area contributed by atoms with E-state index in [0.29, 0.717) is 5.56 Å². The van der Waals surface area contributed by atoms with E-state index in [1.165, 1.54) is 22.7 Å². The lowest BCUT2D eigenvalue weighted by atomic mass is 9.92. The van der Waals surface area contributed by atoms with Crippen LogP contribution in [0.2, 0.25) is 0 Å². The topological polar surface area (TPSA) is 63.5 Å². The Morgan fingerprint density at radius 1 is 1.25 bits per heavy atom. The number of amides is 1. The maximum atomic E-state index is 13.5. The number of fused-ring (bicyclic) bond motifs is 2. The molecule has 1 amide bonds. The molecule has 0 atom stereocenters. The molecule has 8 heteroatoms. The molecule has 1 fully saturated rings. The number of hydrogen-bond acceptors (Lipinski definition) is 3. The molecule has 1 aliphatic rings. The lowest BCUT2D eigenvalue weighted by molar-refractivity contribution is -0.0399. The van der Waals surface area contributed by atoms with E-state index in [9.17, 15) is 22.8 Å². The van der Waals surface area contributed by atoms with Gasteiger partial charge in [0.15, 0.2) is 5.65 Å². The van der Waals surface area contributed by atoms with Crippen LogP contribution in [0.4, 0.5) is 13.2 Å². The van der Waals surface area contributed by atoms with Crippen molar-refractivity contribution in [1.29, 1.82) is 0 Å². The minimum absolute atomic E-state index is 0.115. The lowest BCUT2D eigenvalue weighted by Gasteiger charge is -2.28. The summed E-state index contributed by atoms with van der Waals surface area (Å²) in [7, 11) is 0. The fraction of sp³-hybridized carbons (Fsp3) is 0.350. The van der Waals surface area contributed by atoms with Crippen LogP contribution in [0, 0.1) is 12.7 Å². The number of hydrogen-bond donors (Lipinski definition) is 1. The number of pyridine rings is 1. The third kappa shape index (κ3) is 3.34. The number of rotatable bonds is 2. The molecule has 2 heterocycles. The summed E-state index contributed by atoms with van der Waals surface area (Å²) in [6.45, 7) is 1.72. The molecule has 1 aromatic carbocycles. The highest BCUT2D eigenvalue weighted by Gasteiger charge is 2.35. The molecule has 146 valence electrons. The molecule has 0 bridgehead atoms. The molecular weight excluding hydrogens is 371 g/mol. The van der Waals surface area contributed by atoms with Crippen molar-refractivity contribution in [3.63, 3.8) is 0 Å². The van der Waals surface area contributed by atoms with Gasteiger partial charge in [-0.05, 0) is 49.6 Å². The van der Waals surface area contributed by atoms with Crippen molar-refractivity contribution < 1.29 is 18.0 Å². The zero-order valence-electron chi connectivity index (χ0n) is 15.1. The molecule has 0 spiro atoms. The molecule has 2 aromatic heterocycles. The van der Waals surface area contributed by atoms with Gasteiger partial charge in [-0.3, -0.25) is 14.0 Å². The molecule has 0 saturated heterocycles. The van der Waals surface area contributed by atoms with Crippen LogP contribution in [0.5, 0.6) is 0 Å². The van der Waals surface area contributed by atoms with Gasteiger partial charge in [0, 0.05) is 25.1 Å². The van der Waals surface area contributed by atoms with Crippen LogP contribution in [0.15, 0.2) is 35.3 Å². The fourth-order valence-electron chi connectivity index (χ4n) is 3.63. The summed E-state index contributed by atoms with van der Waals surface area (Å²) in [5.74, 6) is -3.70. The van der Waals surface area contributed by atoms with Crippen LogP contribution < -0.4 is 10.9 Å². The Hall–Kier alpha value is -2.90. The van der Waals surface area contributed by atoms with Crippen LogP contribution in [-0.4, -0.2) is 27.3 Å². The molecule has 1 aliphatic carbocycles. The van der Waals surface area contributed by atoms with Crippen LogP contribution in [0.25, 0.3) is 16.6 Å². The van der Waals surface area contributed by atoms with Gasteiger partial charge < -0.3 is 5.32 Å². The Morgan fingerprint density at radius 3 is 2.68 bits per heavy atom. The van der Waals surface area contributed by atoms with E-state index in [0.717, 1.165) is 6.07 Å². The number of aromatic nitrogens is 2. The van der Waals surface area contributed by atoms with E-state index in [2.05, 4.69) is 10.3 Å². The summed E-state index contributed by atoms with van der Waals surface area (Å²) < 4.78 is 41.4. The monoisotopic (exact) mass is 389 g/mol. The molecule has 0 aliphatic heterocycles. The Kier molecular flexibility index (Phi) is 4.36. The highest BCUT2D eigenvalue weighted by atomic mass is 19.3. The van der Waals surface area contributed by atoms with Crippen molar-refractivity contribution in [2.45, 2.75) is 44.6 Å². The SMILES string of the molecule is Cc1cc(C(=O)NC2CCC(F)(F)CC2)c2nc3ccc(F)cc3c(=O)n2c1. The quantitative estimate of drug-likeness (QED) is 0.681. The lowest BCUT2D eigenvalue weighted by Crippen LogP contribution is -2.40. The summed E-state index contributed by atoms with van der Waals surface area (Å²) in [5, 5.41) is 2.90. The van der Waals surface area contributed by atoms with Crippen LogP contribution in [0.1, 0.15) is 41.6 Å². The summed E-state index contributed by atoms with van der Waals surface area (Å²) >= 11 is 0. The van der Waals surface area contributed by atoms with Gasteiger partial charge in [0.1, 0.15) is 5.82 Å². The summed E-state index contributed by atoms with van der Waals surface area (Å²) in [6.07, 6.45) is 1.39. The van der Waals surface area contributed by atoms with Gasteiger partial charge in [-0.15, -0.1) is 0 Å². The number of alkyl halides is 2. The van der Waals surface area contributed by atoms with E-state index in [-0.39, 0.29) is 53.8 Å². The van der Waals surface area contributed by atoms with E-state index >= 15 is 0 Å². The first-order chi connectivity index (χ1) is 13.2. The van der Waals surface area contributed by atoms with Crippen LogP contribution in [-0.2, 0) is 0 Å². The minimum Gasteiger partial charge on any atom is -0.349 e. The molecular formula is C20H18F3N3O2. The van der Waals surface area contributed by atoms with Crippen molar-refractivity contribution in [3.8, 4) is 0 Å². The third-order valence-electron chi connectivity index (χ3n) is 5.10. The number of nitrogens with one attached hydrogen (secondary N) is 1. The van der Waals surface area contributed by atoms with Crippen molar-refractivity contribution in [3.05, 3.63) is 57.8 Å². The van der Waals surface area contributed by atoms with Crippen molar-refractivity contribution in [2.75, 3.05) is 0 Å². The predicted molar refractivity (Wildman–Crippen MR) is 98.3 cm³/mol. The highest BCUT2D eigenvalue weighted by Crippen LogP contribution is 2.33. The molecule has 1 saturated carbocycles. The van der Waals surface area contributed by atoms with Gasteiger partial charge in [-0.2, -0.15) is 0 Å². The number of benzene rings is 1. The summed E-state index contributed by atoms with van der Waals surface area (Å²) in [4.78, 5) is 30.0. The summed E-state index contributed by atoms with van der Waals surface area (Å²) in [6, 6.07) is 4.94. The Morgan fingerprint density at radius 2 is 1.96 bits per heavy atom. The molecule has 1 N–H and O–H groups in total. The second-order valence-corrected chi connectivity index (χ2v) is 7.31. The third-order valence-corrected chi connectivity index (χ3v) is 5.10. The van der Waals surface area contributed by atoms with Gasteiger partial charge in [0.05, 0.1) is 16.5 Å². The minimum atomic E-state index is -2.68. The fourth-order valence-corrected chi connectivity index (χ4v) is 3.63. The number of nitrogens with zero attached hydrogens (tertiary/aromatic N) is 2. The van der Waals surface area contributed by atoms with E-state index in [1.54, 1.807) is 13.0 Å². The average molecular weight is 389 g/mol. The van der Waals surface area contributed by atoms with Gasteiger partial charge in [0.25, 0.3) is 11.5 Å². The normalized spacial score (nSPS) is 17.1. The second kappa shape index (κ2) is 6.61. The number of halogens is 3. The van der Waals surface area contributed by atoms with Crippen LogP contribution >= 0.6 is 0 Å². The molecule has 4 rings (SSSR count). The zero-order valence-corrected chi connectivity index (χ0v) is 15.1. The van der Waals surface area contributed by atoms with Crippen LogP contribution in [0.3, 0.4) is 0 Å². The average Bonchev–Trinajstić information content (AvgIpc) is 2.64. The summed E-state index contributed by atoms with van der Waals surface area (Å²) in [5.41, 5.74) is 0.776. The smallest absolute Gasteiger partial charge is 0.265 e. The maximum absolute atomic E-state index is 13.5. The molecule has 0 unspecified atom stereocenters. The predicted octanol–water partition coefficient (Wildman–Crippen LogP) is 3.60. The van der Waals surface area contributed by atoms with Crippen molar-refractivity contribution >= 4 is 22.5 Å². The Bertz CT molecular complexity index is 1150. The maximum Gasteiger partial charge on any atom is 0.265 e. The molecule has 0 radical (unpaired) electrons. The standard InChI is InChI=1S/C20H18F3N3O2/c1-11-8-15(18(27)24-13-4-6-20(22,23)7-5-13)17-25-16-3-2-12(21)9-14(16)19(28)26(17)10-11/h2-3,8-10,13H,4-7H2,1H3,(H,24,27). The van der Waals surface area contributed by atoms with Crippen molar-refractivity contribution in [1.82, 2.24) is 14.7 Å². The first-order valence-corrected chi connectivity index (χ1v) is 9.04. The molecule has 5 nitrogen and oxygen atoms in total. The van der Waals surface area contributed by atoms with E-state index in [4.69, 9.17) is 0 Å². The Labute approximate surface area is 158 Å². The first-order valence-electron chi connectivity index (χ1n) is 9.04. The zero-order chi connectivity index (χ0) is 20.1. The van der Waals surface area contributed by atoms with Gasteiger partial charge >= 0.3 is 0 Å². The van der Waals surface area contributed by atoms with Gasteiger partial charge in [0.2, 0.25) is 5.92 Å². The van der Waals surface area contributed by atoms with Crippen molar-refractivity contribution in [2.24, 2.45) is 0 Å². The van der Waals surface area contributed by atoms with Gasteiger partial charge in [-0.25, -0.2) is 18.2 Å². The molecule has 3 aromatic rings. The first kappa shape index (κ1) is 18.5. The number of aryl methyl sites for hydroxylation is 1. The Balaban J connectivity index is 1.76. The van der Waals surface area contributed by atoms with E-state index < -0.39 is 23.2 Å².